The van der Waals surface area contributed by atoms with Gasteiger partial charge in [-0.15, -0.1) is 0 Å². The largest absolute Gasteiger partial charge is 0.469 e. The third kappa shape index (κ3) is 4.03. The van der Waals surface area contributed by atoms with Crippen molar-refractivity contribution in [3.8, 4) is 0 Å². The van der Waals surface area contributed by atoms with E-state index in [2.05, 4.69) is 20.5 Å². The van der Waals surface area contributed by atoms with Crippen LogP contribution in [0.1, 0.15) is 25.5 Å². The number of urea groups is 1. The van der Waals surface area contributed by atoms with Crippen LogP contribution >= 0.6 is 0 Å². The Balaban J connectivity index is 1.59. The summed E-state index contributed by atoms with van der Waals surface area (Å²) in [6.45, 7) is 3.93. The van der Waals surface area contributed by atoms with Crippen LogP contribution in [0.15, 0.2) is 41.1 Å². The number of hydrogen-bond acceptors (Lipinski definition) is 4. The molecule has 0 bridgehead atoms. The number of pyridine rings is 1. The van der Waals surface area contributed by atoms with E-state index in [0.717, 1.165) is 30.4 Å². The van der Waals surface area contributed by atoms with Crippen LogP contribution in [-0.2, 0) is 6.42 Å². The number of hydrogen-bond donors (Lipinski definition) is 2. The summed E-state index contributed by atoms with van der Waals surface area (Å²) >= 11 is 0. The molecule has 0 aromatic carbocycles. The van der Waals surface area contributed by atoms with Crippen LogP contribution in [0.2, 0.25) is 0 Å². The Bertz CT molecular complexity index is 636. The molecule has 0 spiro atoms. The van der Waals surface area contributed by atoms with Crippen molar-refractivity contribution in [2.24, 2.45) is 0 Å². The smallest absolute Gasteiger partial charge is 0.319 e. The molecule has 23 heavy (non-hydrogen) atoms. The van der Waals surface area contributed by atoms with Gasteiger partial charge in [0.15, 0.2) is 5.82 Å². The highest BCUT2D eigenvalue weighted by Gasteiger charge is 2.18. The summed E-state index contributed by atoms with van der Waals surface area (Å²) in [5.74, 6) is 1.70. The number of rotatable bonds is 5. The number of nitrogens with one attached hydrogen (secondary N) is 2. The molecule has 3 rings (SSSR count). The van der Waals surface area contributed by atoms with Crippen LogP contribution in [0, 0.1) is 0 Å². The van der Waals surface area contributed by atoms with Crippen molar-refractivity contribution in [3.63, 3.8) is 0 Å². The lowest BCUT2D eigenvalue weighted by atomic mass is 10.2. The van der Waals surface area contributed by atoms with Gasteiger partial charge >= 0.3 is 6.03 Å². The van der Waals surface area contributed by atoms with E-state index in [1.807, 2.05) is 31.2 Å². The highest BCUT2D eigenvalue weighted by atomic mass is 16.3. The SMILES string of the molecule is CC(Cc1ccco1)NC(=O)Nc1cccnc1N1CCCC1. The fourth-order valence-electron chi connectivity index (χ4n) is 2.84. The lowest BCUT2D eigenvalue weighted by molar-refractivity contribution is 0.248. The molecule has 6 nitrogen and oxygen atoms in total. The number of anilines is 2. The number of nitrogens with zero attached hydrogens (tertiary/aromatic N) is 2. The maximum Gasteiger partial charge on any atom is 0.319 e. The van der Waals surface area contributed by atoms with Crippen LogP contribution < -0.4 is 15.5 Å². The average Bonchev–Trinajstić information content (AvgIpc) is 3.20. The van der Waals surface area contributed by atoms with Crippen LogP contribution in [0.3, 0.4) is 0 Å². The molecule has 1 unspecified atom stereocenters. The summed E-state index contributed by atoms with van der Waals surface area (Å²) in [6.07, 6.45) is 6.40. The Hall–Kier alpha value is -2.50. The summed E-state index contributed by atoms with van der Waals surface area (Å²) in [7, 11) is 0. The van der Waals surface area contributed by atoms with Crippen LogP contribution in [0.5, 0.6) is 0 Å². The Morgan fingerprint density at radius 2 is 2.17 bits per heavy atom. The zero-order valence-electron chi connectivity index (χ0n) is 13.3. The van der Waals surface area contributed by atoms with Crippen molar-refractivity contribution in [1.29, 1.82) is 0 Å². The van der Waals surface area contributed by atoms with Gasteiger partial charge in [0.05, 0.1) is 12.0 Å². The van der Waals surface area contributed by atoms with E-state index in [0.29, 0.717) is 6.42 Å². The van der Waals surface area contributed by atoms with Gasteiger partial charge < -0.3 is 20.0 Å². The van der Waals surface area contributed by atoms with Gasteiger partial charge in [0.25, 0.3) is 0 Å². The van der Waals surface area contributed by atoms with E-state index in [1.54, 1.807) is 12.5 Å². The number of carbonyl (C=O) groups excluding carboxylic acids is 1. The van der Waals surface area contributed by atoms with Crippen LogP contribution in [0.25, 0.3) is 0 Å². The first-order valence-corrected chi connectivity index (χ1v) is 8.02. The highest BCUT2D eigenvalue weighted by Crippen LogP contribution is 2.25. The third-order valence-electron chi connectivity index (χ3n) is 3.91. The third-order valence-corrected chi connectivity index (χ3v) is 3.91. The molecule has 0 aliphatic carbocycles. The summed E-state index contributed by atoms with van der Waals surface area (Å²) < 4.78 is 5.30. The topological polar surface area (TPSA) is 70.4 Å². The normalized spacial score (nSPS) is 15.4. The highest BCUT2D eigenvalue weighted by molar-refractivity contribution is 5.92. The Kier molecular flexibility index (Phi) is 4.80. The molecular formula is C17H22N4O2. The quantitative estimate of drug-likeness (QED) is 0.890. The van der Waals surface area contributed by atoms with E-state index in [9.17, 15) is 4.79 Å². The average molecular weight is 314 g/mol. The number of carbonyl (C=O) groups is 1. The van der Waals surface area contributed by atoms with Crippen molar-refractivity contribution in [2.75, 3.05) is 23.3 Å². The van der Waals surface area contributed by atoms with Gasteiger partial charge in [-0.1, -0.05) is 0 Å². The van der Waals surface area contributed by atoms with Gasteiger partial charge in [0.2, 0.25) is 0 Å². The van der Waals surface area contributed by atoms with Gasteiger partial charge in [-0.25, -0.2) is 9.78 Å². The molecule has 0 radical (unpaired) electrons. The van der Waals surface area contributed by atoms with Gasteiger partial charge in [0, 0.05) is 31.7 Å². The minimum Gasteiger partial charge on any atom is -0.469 e. The fraction of sp³-hybridized carbons (Fsp3) is 0.412. The second-order valence-corrected chi connectivity index (χ2v) is 5.85. The number of amides is 2. The lowest BCUT2D eigenvalue weighted by Gasteiger charge is -2.20. The Morgan fingerprint density at radius 3 is 2.91 bits per heavy atom. The minimum absolute atomic E-state index is 0.0203. The van der Waals surface area contributed by atoms with Gasteiger partial charge in [0.1, 0.15) is 5.76 Å². The molecule has 1 atom stereocenters. The summed E-state index contributed by atoms with van der Waals surface area (Å²) in [4.78, 5) is 18.9. The van der Waals surface area contributed by atoms with E-state index < -0.39 is 0 Å². The van der Waals surface area contributed by atoms with Gasteiger partial charge in [-0.05, 0) is 44.0 Å². The second-order valence-electron chi connectivity index (χ2n) is 5.85. The summed E-state index contributed by atoms with van der Waals surface area (Å²) in [6, 6.07) is 7.23. The van der Waals surface area contributed by atoms with Crippen molar-refractivity contribution < 1.29 is 9.21 Å². The predicted molar refractivity (Wildman–Crippen MR) is 89.7 cm³/mol. The standard InChI is InChI=1S/C17H22N4O2/c1-13(12-14-6-5-11-23-14)19-17(22)20-15-7-4-8-18-16(15)21-9-2-3-10-21/h4-8,11,13H,2-3,9-10,12H2,1H3,(H2,19,20,22). The van der Waals surface area contributed by atoms with Crippen molar-refractivity contribution in [3.05, 3.63) is 42.5 Å². The number of furan rings is 1. The molecule has 3 heterocycles. The number of aromatic nitrogens is 1. The lowest BCUT2D eigenvalue weighted by Crippen LogP contribution is -2.37. The molecular weight excluding hydrogens is 292 g/mol. The molecule has 6 heteroatoms. The monoisotopic (exact) mass is 314 g/mol. The molecule has 1 fully saturated rings. The van der Waals surface area contributed by atoms with E-state index in [4.69, 9.17) is 4.42 Å². The molecule has 0 saturated carbocycles. The van der Waals surface area contributed by atoms with E-state index in [-0.39, 0.29) is 12.1 Å². The first-order valence-electron chi connectivity index (χ1n) is 8.02. The maximum atomic E-state index is 12.2. The first-order chi connectivity index (χ1) is 11.2. The summed E-state index contributed by atoms with van der Waals surface area (Å²) in [5, 5.41) is 5.84. The van der Waals surface area contributed by atoms with Gasteiger partial charge in [-0.3, -0.25) is 0 Å². The predicted octanol–water partition coefficient (Wildman–Crippen LogP) is 3.03. The van der Waals surface area contributed by atoms with E-state index in [1.165, 1.54) is 12.8 Å². The minimum atomic E-state index is -0.225. The molecule has 2 aromatic heterocycles. The maximum absolute atomic E-state index is 12.2. The second kappa shape index (κ2) is 7.17. The van der Waals surface area contributed by atoms with Gasteiger partial charge in [-0.2, -0.15) is 0 Å². The molecule has 2 amide bonds. The van der Waals surface area contributed by atoms with Crippen molar-refractivity contribution in [2.45, 2.75) is 32.2 Å². The summed E-state index contributed by atoms with van der Waals surface area (Å²) in [5.41, 5.74) is 0.747. The Labute approximate surface area is 135 Å². The molecule has 2 N–H and O–H groups in total. The van der Waals surface area contributed by atoms with Crippen LogP contribution in [-0.4, -0.2) is 30.1 Å². The Morgan fingerprint density at radius 1 is 1.35 bits per heavy atom. The first kappa shape index (κ1) is 15.4. The molecule has 1 aliphatic rings. The molecule has 1 aliphatic heterocycles. The zero-order valence-corrected chi connectivity index (χ0v) is 13.3. The van der Waals surface area contributed by atoms with Crippen molar-refractivity contribution >= 4 is 17.5 Å². The molecule has 122 valence electrons. The fourth-order valence-corrected chi connectivity index (χ4v) is 2.84. The molecule has 2 aromatic rings. The van der Waals surface area contributed by atoms with Crippen molar-refractivity contribution in [1.82, 2.24) is 10.3 Å². The van der Waals surface area contributed by atoms with E-state index >= 15 is 0 Å². The van der Waals surface area contributed by atoms with Crippen LogP contribution in [0.4, 0.5) is 16.3 Å². The zero-order chi connectivity index (χ0) is 16.1. The molecule has 1 saturated heterocycles.